The molecule has 0 saturated carbocycles. The largest absolute Gasteiger partial charge is 0.506 e. The fourth-order valence-electron chi connectivity index (χ4n) is 2.33. The number of phenols is 1. The van der Waals surface area contributed by atoms with Crippen molar-refractivity contribution in [1.29, 1.82) is 0 Å². The molecule has 0 spiro atoms. The number of aromatic hydroxyl groups is 1. The Labute approximate surface area is 115 Å². The summed E-state index contributed by atoms with van der Waals surface area (Å²) < 4.78 is 0.906. The Kier molecular flexibility index (Phi) is 4.24. The molecule has 1 aliphatic heterocycles. The molecular formula is C13H17BrN2O2. The second-order valence-electron chi connectivity index (χ2n) is 4.54. The first kappa shape index (κ1) is 13.4. The van der Waals surface area contributed by atoms with Gasteiger partial charge in [-0.2, -0.15) is 0 Å². The van der Waals surface area contributed by atoms with Crippen LogP contribution in [0.1, 0.15) is 37.8 Å². The van der Waals surface area contributed by atoms with Gasteiger partial charge in [0.1, 0.15) is 5.75 Å². The Morgan fingerprint density at radius 2 is 2.28 bits per heavy atom. The van der Waals surface area contributed by atoms with E-state index in [0.717, 1.165) is 29.4 Å². The Hall–Kier alpha value is -1.07. The molecule has 98 valence electrons. The van der Waals surface area contributed by atoms with Gasteiger partial charge in [-0.25, -0.2) is 0 Å². The summed E-state index contributed by atoms with van der Waals surface area (Å²) in [5.41, 5.74) is 1.45. The number of anilines is 1. The molecule has 1 unspecified atom stereocenters. The smallest absolute Gasteiger partial charge is 0.221 e. The van der Waals surface area contributed by atoms with Crippen molar-refractivity contribution in [2.24, 2.45) is 0 Å². The van der Waals surface area contributed by atoms with Gasteiger partial charge in [-0.05, 0) is 31.5 Å². The number of halogens is 1. The monoisotopic (exact) mass is 312 g/mol. The Morgan fingerprint density at radius 3 is 2.89 bits per heavy atom. The molecule has 1 amide bonds. The standard InChI is InChI=1S/C13H17BrN2O2/c1-8(17)16-13-11(18)6-5-9(14)12(13)10-4-2-3-7-15-10/h5-6,10,15,18H,2-4,7H2,1H3,(H,16,17). The van der Waals surface area contributed by atoms with Gasteiger partial charge in [0, 0.05) is 23.0 Å². The lowest BCUT2D eigenvalue weighted by molar-refractivity contribution is -0.114. The summed E-state index contributed by atoms with van der Waals surface area (Å²) in [6.07, 6.45) is 3.33. The van der Waals surface area contributed by atoms with Gasteiger partial charge in [-0.1, -0.05) is 22.4 Å². The van der Waals surface area contributed by atoms with Gasteiger partial charge in [0.2, 0.25) is 5.91 Å². The van der Waals surface area contributed by atoms with Gasteiger partial charge in [0.05, 0.1) is 5.69 Å². The second-order valence-corrected chi connectivity index (χ2v) is 5.39. The highest BCUT2D eigenvalue weighted by Gasteiger charge is 2.23. The summed E-state index contributed by atoms with van der Waals surface area (Å²) in [5.74, 6) is -0.0729. The van der Waals surface area contributed by atoms with Crippen molar-refractivity contribution < 1.29 is 9.90 Å². The molecule has 1 aliphatic rings. The number of benzene rings is 1. The maximum absolute atomic E-state index is 11.3. The molecule has 1 atom stereocenters. The third kappa shape index (κ3) is 2.84. The molecule has 1 aromatic carbocycles. The number of carbonyl (C=O) groups is 1. The zero-order chi connectivity index (χ0) is 13.1. The molecule has 1 saturated heterocycles. The van der Waals surface area contributed by atoms with Crippen LogP contribution in [0.15, 0.2) is 16.6 Å². The third-order valence-corrected chi connectivity index (χ3v) is 3.82. The van der Waals surface area contributed by atoms with Crippen molar-refractivity contribution >= 4 is 27.5 Å². The van der Waals surface area contributed by atoms with Crippen LogP contribution in [0.5, 0.6) is 5.75 Å². The summed E-state index contributed by atoms with van der Waals surface area (Å²) in [7, 11) is 0. The molecule has 1 fully saturated rings. The fraction of sp³-hybridized carbons (Fsp3) is 0.462. The minimum absolute atomic E-state index is 0.107. The molecule has 0 aliphatic carbocycles. The number of phenolic OH excluding ortho intramolecular Hbond substituents is 1. The number of hydrogen-bond donors (Lipinski definition) is 3. The summed E-state index contributed by atoms with van der Waals surface area (Å²) in [4.78, 5) is 11.3. The molecule has 1 heterocycles. The van der Waals surface area contributed by atoms with Crippen LogP contribution in [0.3, 0.4) is 0 Å². The predicted molar refractivity (Wildman–Crippen MR) is 74.7 cm³/mol. The van der Waals surface area contributed by atoms with Crippen LogP contribution >= 0.6 is 15.9 Å². The SMILES string of the molecule is CC(=O)Nc1c(O)ccc(Br)c1C1CCCCN1. The lowest BCUT2D eigenvalue weighted by Crippen LogP contribution is -2.28. The summed E-state index contributed by atoms with van der Waals surface area (Å²) in [6, 6.07) is 3.57. The van der Waals surface area contributed by atoms with Crippen LogP contribution in [-0.4, -0.2) is 17.6 Å². The second kappa shape index (κ2) is 5.71. The van der Waals surface area contributed by atoms with Crippen molar-refractivity contribution in [3.8, 4) is 5.75 Å². The highest BCUT2D eigenvalue weighted by molar-refractivity contribution is 9.10. The Morgan fingerprint density at radius 1 is 1.50 bits per heavy atom. The van der Waals surface area contributed by atoms with E-state index in [-0.39, 0.29) is 17.7 Å². The first-order chi connectivity index (χ1) is 8.59. The predicted octanol–water partition coefficient (Wildman–Crippen LogP) is 2.93. The Balaban J connectivity index is 2.41. The molecule has 3 N–H and O–H groups in total. The van der Waals surface area contributed by atoms with Crippen molar-refractivity contribution in [2.75, 3.05) is 11.9 Å². The fourth-order valence-corrected chi connectivity index (χ4v) is 2.94. The van der Waals surface area contributed by atoms with Crippen LogP contribution in [0.4, 0.5) is 5.69 Å². The molecule has 0 radical (unpaired) electrons. The maximum Gasteiger partial charge on any atom is 0.221 e. The lowest BCUT2D eigenvalue weighted by Gasteiger charge is -2.27. The average molecular weight is 313 g/mol. The minimum atomic E-state index is -0.180. The van der Waals surface area contributed by atoms with E-state index >= 15 is 0 Å². The quantitative estimate of drug-likeness (QED) is 0.736. The van der Waals surface area contributed by atoms with Gasteiger partial charge >= 0.3 is 0 Å². The van der Waals surface area contributed by atoms with Gasteiger partial charge < -0.3 is 15.7 Å². The molecule has 5 heteroatoms. The number of rotatable bonds is 2. The van der Waals surface area contributed by atoms with Crippen molar-refractivity contribution in [2.45, 2.75) is 32.2 Å². The number of hydrogen-bond acceptors (Lipinski definition) is 3. The van der Waals surface area contributed by atoms with E-state index in [1.807, 2.05) is 6.07 Å². The number of piperidine rings is 1. The van der Waals surface area contributed by atoms with Gasteiger partial charge in [0.25, 0.3) is 0 Å². The lowest BCUT2D eigenvalue weighted by atomic mass is 9.95. The van der Waals surface area contributed by atoms with Crippen molar-refractivity contribution in [3.63, 3.8) is 0 Å². The van der Waals surface area contributed by atoms with E-state index in [1.165, 1.54) is 13.3 Å². The van der Waals surface area contributed by atoms with E-state index in [2.05, 4.69) is 26.6 Å². The van der Waals surface area contributed by atoms with E-state index in [0.29, 0.717) is 5.69 Å². The van der Waals surface area contributed by atoms with Crippen molar-refractivity contribution in [3.05, 3.63) is 22.2 Å². The van der Waals surface area contributed by atoms with Crippen LogP contribution in [0.2, 0.25) is 0 Å². The topological polar surface area (TPSA) is 61.4 Å². The molecule has 1 aromatic rings. The summed E-state index contributed by atoms with van der Waals surface area (Å²) in [5, 5.41) is 16.1. The molecular weight excluding hydrogens is 296 g/mol. The zero-order valence-corrected chi connectivity index (χ0v) is 11.9. The maximum atomic E-state index is 11.3. The van der Waals surface area contributed by atoms with E-state index in [1.54, 1.807) is 6.07 Å². The Bertz CT molecular complexity index is 457. The highest BCUT2D eigenvalue weighted by atomic mass is 79.9. The molecule has 0 aromatic heterocycles. The van der Waals surface area contributed by atoms with Crippen LogP contribution in [0, 0.1) is 0 Å². The van der Waals surface area contributed by atoms with Crippen LogP contribution < -0.4 is 10.6 Å². The summed E-state index contributed by atoms with van der Waals surface area (Å²) in [6.45, 7) is 2.41. The van der Waals surface area contributed by atoms with Gasteiger partial charge in [-0.15, -0.1) is 0 Å². The number of amides is 1. The van der Waals surface area contributed by atoms with Gasteiger partial charge in [0.15, 0.2) is 0 Å². The minimum Gasteiger partial charge on any atom is -0.506 e. The first-order valence-electron chi connectivity index (χ1n) is 6.12. The van der Waals surface area contributed by atoms with Crippen LogP contribution in [-0.2, 0) is 4.79 Å². The highest BCUT2D eigenvalue weighted by Crippen LogP contribution is 2.39. The van der Waals surface area contributed by atoms with E-state index < -0.39 is 0 Å². The van der Waals surface area contributed by atoms with Gasteiger partial charge in [-0.3, -0.25) is 4.79 Å². The average Bonchev–Trinajstić information content (AvgIpc) is 2.35. The first-order valence-corrected chi connectivity index (χ1v) is 6.91. The van der Waals surface area contributed by atoms with E-state index in [9.17, 15) is 9.90 Å². The van der Waals surface area contributed by atoms with E-state index in [4.69, 9.17) is 0 Å². The summed E-state index contributed by atoms with van der Waals surface area (Å²) >= 11 is 3.50. The molecule has 2 rings (SSSR count). The molecule has 4 nitrogen and oxygen atoms in total. The number of nitrogens with one attached hydrogen (secondary N) is 2. The zero-order valence-electron chi connectivity index (χ0n) is 10.3. The van der Waals surface area contributed by atoms with Crippen molar-refractivity contribution in [1.82, 2.24) is 5.32 Å². The van der Waals surface area contributed by atoms with Crippen LogP contribution in [0.25, 0.3) is 0 Å². The normalized spacial score (nSPS) is 19.6. The molecule has 18 heavy (non-hydrogen) atoms. The third-order valence-electron chi connectivity index (χ3n) is 3.13. The molecule has 0 bridgehead atoms. The number of carbonyl (C=O) groups excluding carboxylic acids is 1.